The van der Waals surface area contributed by atoms with Crippen molar-refractivity contribution in [3.63, 3.8) is 0 Å². The van der Waals surface area contributed by atoms with Gasteiger partial charge in [0.15, 0.2) is 0 Å². The standard InChI is InChI=1S/C17H16BrNO2/c18-14-7-4-11(5-8-14)17(21)13-6-9-15-12(10-13)2-1-3-16(20)19-15/h4-10,17,21H,1-3H2,(H,19,20). The molecular formula is C17H16BrNO2. The number of carbonyl (C=O) groups is 1. The van der Waals surface area contributed by atoms with Crippen LogP contribution in [0.2, 0.25) is 0 Å². The number of amides is 1. The topological polar surface area (TPSA) is 49.3 Å². The van der Waals surface area contributed by atoms with Crippen molar-refractivity contribution in [1.82, 2.24) is 0 Å². The van der Waals surface area contributed by atoms with Gasteiger partial charge in [0.25, 0.3) is 0 Å². The minimum Gasteiger partial charge on any atom is -0.384 e. The third-order valence-electron chi connectivity index (χ3n) is 3.75. The van der Waals surface area contributed by atoms with Crippen molar-refractivity contribution >= 4 is 27.5 Å². The molecule has 1 heterocycles. The van der Waals surface area contributed by atoms with Crippen molar-refractivity contribution in [3.05, 3.63) is 63.6 Å². The van der Waals surface area contributed by atoms with E-state index in [4.69, 9.17) is 0 Å². The van der Waals surface area contributed by atoms with Crippen LogP contribution in [0.5, 0.6) is 0 Å². The maximum Gasteiger partial charge on any atom is 0.224 e. The molecular weight excluding hydrogens is 330 g/mol. The van der Waals surface area contributed by atoms with Crippen molar-refractivity contribution in [3.8, 4) is 0 Å². The van der Waals surface area contributed by atoms with E-state index in [9.17, 15) is 9.90 Å². The Morgan fingerprint density at radius 3 is 2.52 bits per heavy atom. The first-order chi connectivity index (χ1) is 10.1. The fourth-order valence-corrected chi connectivity index (χ4v) is 2.87. The first-order valence-corrected chi connectivity index (χ1v) is 7.79. The molecule has 2 N–H and O–H groups in total. The fraction of sp³-hybridized carbons (Fsp3) is 0.235. The smallest absolute Gasteiger partial charge is 0.224 e. The lowest BCUT2D eigenvalue weighted by atomic mass is 9.97. The number of hydrogen-bond acceptors (Lipinski definition) is 2. The Labute approximate surface area is 132 Å². The fourth-order valence-electron chi connectivity index (χ4n) is 2.60. The summed E-state index contributed by atoms with van der Waals surface area (Å²) in [5.74, 6) is 0.0648. The SMILES string of the molecule is O=C1CCCc2cc(C(O)c3ccc(Br)cc3)ccc2N1. The zero-order valence-electron chi connectivity index (χ0n) is 11.5. The van der Waals surface area contributed by atoms with Crippen LogP contribution in [0.1, 0.15) is 35.6 Å². The van der Waals surface area contributed by atoms with E-state index in [2.05, 4.69) is 21.2 Å². The van der Waals surface area contributed by atoms with Crippen LogP contribution in [-0.2, 0) is 11.2 Å². The maximum atomic E-state index is 11.6. The lowest BCUT2D eigenvalue weighted by molar-refractivity contribution is -0.116. The van der Waals surface area contributed by atoms with Crippen LogP contribution in [0, 0.1) is 0 Å². The summed E-state index contributed by atoms with van der Waals surface area (Å²) in [6.45, 7) is 0. The molecule has 2 aromatic carbocycles. The minimum absolute atomic E-state index is 0.0648. The summed E-state index contributed by atoms with van der Waals surface area (Å²) in [6.07, 6.45) is 1.60. The molecule has 1 amide bonds. The van der Waals surface area contributed by atoms with Gasteiger partial charge in [-0.3, -0.25) is 4.79 Å². The molecule has 0 bridgehead atoms. The van der Waals surface area contributed by atoms with Crippen LogP contribution in [0.4, 0.5) is 5.69 Å². The predicted octanol–water partition coefficient (Wildman–Crippen LogP) is 3.81. The summed E-state index contributed by atoms with van der Waals surface area (Å²) in [5.41, 5.74) is 3.67. The highest BCUT2D eigenvalue weighted by molar-refractivity contribution is 9.10. The van der Waals surface area contributed by atoms with Gasteiger partial charge in [0, 0.05) is 16.6 Å². The van der Waals surface area contributed by atoms with Gasteiger partial charge in [-0.1, -0.05) is 40.2 Å². The maximum absolute atomic E-state index is 11.6. The number of rotatable bonds is 2. The van der Waals surface area contributed by atoms with Crippen molar-refractivity contribution in [2.24, 2.45) is 0 Å². The third kappa shape index (κ3) is 3.17. The molecule has 1 aliphatic heterocycles. The van der Waals surface area contributed by atoms with Gasteiger partial charge in [-0.15, -0.1) is 0 Å². The first kappa shape index (κ1) is 14.3. The lowest BCUT2D eigenvalue weighted by Crippen LogP contribution is -2.09. The van der Waals surface area contributed by atoms with Crippen LogP contribution in [0.25, 0.3) is 0 Å². The Hall–Kier alpha value is -1.65. The van der Waals surface area contributed by atoms with Gasteiger partial charge in [-0.05, 0) is 47.7 Å². The Morgan fingerprint density at radius 2 is 1.76 bits per heavy atom. The molecule has 1 unspecified atom stereocenters. The van der Waals surface area contributed by atoms with E-state index in [0.29, 0.717) is 6.42 Å². The molecule has 0 saturated heterocycles. The molecule has 0 fully saturated rings. The van der Waals surface area contributed by atoms with E-state index in [-0.39, 0.29) is 5.91 Å². The highest BCUT2D eigenvalue weighted by Gasteiger charge is 2.16. The Balaban J connectivity index is 1.91. The summed E-state index contributed by atoms with van der Waals surface area (Å²) in [7, 11) is 0. The van der Waals surface area contributed by atoms with Gasteiger partial charge in [0.2, 0.25) is 5.91 Å². The quantitative estimate of drug-likeness (QED) is 0.869. The predicted molar refractivity (Wildman–Crippen MR) is 86.2 cm³/mol. The number of aliphatic hydroxyl groups is 1. The number of benzene rings is 2. The second kappa shape index (κ2) is 6.00. The largest absolute Gasteiger partial charge is 0.384 e. The monoisotopic (exact) mass is 345 g/mol. The van der Waals surface area contributed by atoms with Crippen LogP contribution in [0.15, 0.2) is 46.9 Å². The van der Waals surface area contributed by atoms with Crippen LogP contribution >= 0.6 is 15.9 Å². The van der Waals surface area contributed by atoms with Gasteiger partial charge in [0.05, 0.1) is 0 Å². The van der Waals surface area contributed by atoms with Gasteiger partial charge in [0.1, 0.15) is 6.10 Å². The summed E-state index contributed by atoms with van der Waals surface area (Å²) in [6, 6.07) is 13.4. The molecule has 0 radical (unpaired) electrons. The number of nitrogens with one attached hydrogen (secondary N) is 1. The number of anilines is 1. The molecule has 3 rings (SSSR count). The van der Waals surface area contributed by atoms with E-state index in [0.717, 1.165) is 39.7 Å². The number of carbonyl (C=O) groups excluding carboxylic acids is 1. The zero-order valence-corrected chi connectivity index (χ0v) is 13.1. The molecule has 0 spiro atoms. The number of halogens is 1. The van der Waals surface area contributed by atoms with E-state index in [1.807, 2.05) is 42.5 Å². The summed E-state index contributed by atoms with van der Waals surface area (Å²) >= 11 is 3.39. The van der Waals surface area contributed by atoms with E-state index >= 15 is 0 Å². The summed E-state index contributed by atoms with van der Waals surface area (Å²) < 4.78 is 0.989. The van der Waals surface area contributed by atoms with E-state index in [1.165, 1.54) is 0 Å². The molecule has 108 valence electrons. The van der Waals surface area contributed by atoms with Crippen molar-refractivity contribution in [1.29, 1.82) is 0 Å². The third-order valence-corrected chi connectivity index (χ3v) is 4.28. The molecule has 1 aliphatic rings. The average molecular weight is 346 g/mol. The molecule has 3 nitrogen and oxygen atoms in total. The average Bonchev–Trinajstić information content (AvgIpc) is 2.67. The van der Waals surface area contributed by atoms with Crippen molar-refractivity contribution in [2.45, 2.75) is 25.4 Å². The molecule has 1 atom stereocenters. The molecule has 2 aromatic rings. The lowest BCUT2D eigenvalue weighted by Gasteiger charge is -2.15. The van der Waals surface area contributed by atoms with Crippen LogP contribution in [-0.4, -0.2) is 11.0 Å². The first-order valence-electron chi connectivity index (χ1n) is 7.00. The Kier molecular flexibility index (Phi) is 4.08. The number of aryl methyl sites for hydroxylation is 1. The summed E-state index contributed by atoms with van der Waals surface area (Å²) in [5, 5.41) is 13.4. The van der Waals surface area contributed by atoms with Gasteiger partial charge in [-0.25, -0.2) is 0 Å². The van der Waals surface area contributed by atoms with Gasteiger partial charge < -0.3 is 10.4 Å². The van der Waals surface area contributed by atoms with E-state index in [1.54, 1.807) is 0 Å². The van der Waals surface area contributed by atoms with Crippen molar-refractivity contribution < 1.29 is 9.90 Å². The van der Waals surface area contributed by atoms with Gasteiger partial charge >= 0.3 is 0 Å². The molecule has 0 aliphatic carbocycles. The molecule has 21 heavy (non-hydrogen) atoms. The number of fused-ring (bicyclic) bond motifs is 1. The second-order valence-electron chi connectivity index (χ2n) is 5.27. The zero-order chi connectivity index (χ0) is 14.8. The van der Waals surface area contributed by atoms with Crippen LogP contribution in [0.3, 0.4) is 0 Å². The normalized spacial score (nSPS) is 15.8. The highest BCUT2D eigenvalue weighted by Crippen LogP contribution is 2.29. The van der Waals surface area contributed by atoms with Crippen LogP contribution < -0.4 is 5.32 Å². The number of hydrogen-bond donors (Lipinski definition) is 2. The minimum atomic E-state index is -0.651. The second-order valence-corrected chi connectivity index (χ2v) is 6.19. The highest BCUT2D eigenvalue weighted by atomic mass is 79.9. The van der Waals surface area contributed by atoms with Crippen molar-refractivity contribution in [2.75, 3.05) is 5.32 Å². The molecule has 0 aromatic heterocycles. The summed E-state index contributed by atoms with van der Waals surface area (Å²) in [4.78, 5) is 11.6. The molecule has 4 heteroatoms. The molecule has 0 saturated carbocycles. The Morgan fingerprint density at radius 1 is 1.05 bits per heavy atom. The van der Waals surface area contributed by atoms with Gasteiger partial charge in [-0.2, -0.15) is 0 Å². The number of aliphatic hydroxyl groups excluding tert-OH is 1. The van der Waals surface area contributed by atoms with E-state index < -0.39 is 6.10 Å². The Bertz CT molecular complexity index is 667.